The second kappa shape index (κ2) is 5.55. The van der Waals surface area contributed by atoms with E-state index < -0.39 is 6.10 Å². The summed E-state index contributed by atoms with van der Waals surface area (Å²) in [5, 5.41) is 13.0. The van der Waals surface area contributed by atoms with Gasteiger partial charge in [-0.3, -0.25) is 4.90 Å². The minimum atomic E-state index is -0.404. The van der Waals surface area contributed by atoms with Gasteiger partial charge in [0.2, 0.25) is 0 Å². The molecule has 0 amide bonds. The van der Waals surface area contributed by atoms with Crippen molar-refractivity contribution in [3.8, 4) is 0 Å². The third kappa shape index (κ3) is 2.58. The first-order chi connectivity index (χ1) is 9.65. The number of nitrogens with zero attached hydrogens (tertiary/aromatic N) is 1. The number of aliphatic hydroxyl groups excluding tert-OH is 1. The van der Waals surface area contributed by atoms with Gasteiger partial charge in [0.05, 0.1) is 6.10 Å². The molecule has 0 spiro atoms. The zero-order valence-corrected chi connectivity index (χ0v) is 12.3. The molecular formula is C18H23NO. The summed E-state index contributed by atoms with van der Waals surface area (Å²) in [7, 11) is 0. The van der Waals surface area contributed by atoms with Crippen LogP contribution in [0.2, 0.25) is 0 Å². The molecule has 3 unspecified atom stereocenters. The summed E-state index contributed by atoms with van der Waals surface area (Å²) in [6.45, 7) is 7.54. The van der Waals surface area contributed by atoms with Crippen LogP contribution < -0.4 is 0 Å². The van der Waals surface area contributed by atoms with Gasteiger partial charge >= 0.3 is 0 Å². The Kier molecular flexibility index (Phi) is 3.77. The molecule has 2 nitrogen and oxygen atoms in total. The minimum Gasteiger partial charge on any atom is -0.387 e. The summed E-state index contributed by atoms with van der Waals surface area (Å²) in [5.74, 6) is 1.46. The molecule has 0 aromatic heterocycles. The molecule has 2 aromatic rings. The summed E-state index contributed by atoms with van der Waals surface area (Å²) in [4.78, 5) is 2.39. The normalized spacial score (nSPS) is 25.1. The van der Waals surface area contributed by atoms with Crippen molar-refractivity contribution in [1.82, 2.24) is 4.90 Å². The van der Waals surface area contributed by atoms with Crippen LogP contribution in [0.15, 0.2) is 42.5 Å². The Morgan fingerprint density at radius 1 is 1.05 bits per heavy atom. The van der Waals surface area contributed by atoms with Crippen molar-refractivity contribution in [3.63, 3.8) is 0 Å². The summed E-state index contributed by atoms with van der Waals surface area (Å²) in [6, 6.07) is 14.5. The van der Waals surface area contributed by atoms with Crippen molar-refractivity contribution in [1.29, 1.82) is 0 Å². The molecule has 1 N–H and O–H groups in total. The van der Waals surface area contributed by atoms with Crippen molar-refractivity contribution in [2.75, 3.05) is 19.6 Å². The van der Waals surface area contributed by atoms with Crippen molar-refractivity contribution < 1.29 is 5.11 Å². The monoisotopic (exact) mass is 269 g/mol. The van der Waals surface area contributed by atoms with E-state index in [0.29, 0.717) is 0 Å². The largest absolute Gasteiger partial charge is 0.387 e. The molecule has 1 aliphatic heterocycles. The van der Waals surface area contributed by atoms with Gasteiger partial charge in [-0.2, -0.15) is 0 Å². The lowest BCUT2D eigenvalue weighted by Crippen LogP contribution is -2.26. The highest BCUT2D eigenvalue weighted by molar-refractivity contribution is 5.85. The zero-order valence-electron chi connectivity index (χ0n) is 12.3. The molecule has 1 heterocycles. The van der Waals surface area contributed by atoms with E-state index in [9.17, 15) is 5.11 Å². The molecule has 2 aromatic carbocycles. The summed E-state index contributed by atoms with van der Waals surface area (Å²) in [5.41, 5.74) is 1.05. The van der Waals surface area contributed by atoms with E-state index in [1.807, 2.05) is 18.2 Å². The van der Waals surface area contributed by atoms with Gasteiger partial charge in [-0.1, -0.05) is 56.3 Å². The molecule has 2 heteroatoms. The summed E-state index contributed by atoms with van der Waals surface area (Å²) in [6.07, 6.45) is -0.404. The van der Waals surface area contributed by atoms with Gasteiger partial charge in [-0.25, -0.2) is 0 Å². The molecule has 3 atom stereocenters. The molecule has 0 radical (unpaired) electrons. The predicted octanol–water partition coefficient (Wildman–Crippen LogP) is 3.46. The molecule has 0 saturated carbocycles. The molecule has 1 saturated heterocycles. The van der Waals surface area contributed by atoms with E-state index >= 15 is 0 Å². The fraction of sp³-hybridized carbons (Fsp3) is 0.444. The van der Waals surface area contributed by atoms with Crippen LogP contribution in [0.3, 0.4) is 0 Å². The van der Waals surface area contributed by atoms with Crippen LogP contribution in [-0.2, 0) is 0 Å². The van der Waals surface area contributed by atoms with Crippen LogP contribution in [0.5, 0.6) is 0 Å². The molecule has 1 fully saturated rings. The van der Waals surface area contributed by atoms with Crippen molar-refractivity contribution >= 4 is 10.8 Å². The molecule has 0 bridgehead atoms. The molecule has 106 valence electrons. The maximum Gasteiger partial charge on any atom is 0.0922 e. The fourth-order valence-corrected chi connectivity index (χ4v) is 3.28. The molecule has 1 aliphatic rings. The SMILES string of the molecule is CC1CN(CC(O)c2cccc3ccccc23)CC1C. The second-order valence-electron chi connectivity index (χ2n) is 6.26. The van der Waals surface area contributed by atoms with Gasteiger partial charge in [-0.15, -0.1) is 0 Å². The summed E-state index contributed by atoms with van der Waals surface area (Å²) >= 11 is 0. The predicted molar refractivity (Wildman–Crippen MR) is 83.7 cm³/mol. The Hall–Kier alpha value is -1.38. The molecule has 0 aliphatic carbocycles. The van der Waals surface area contributed by atoms with Crippen LogP contribution >= 0.6 is 0 Å². The fourth-order valence-electron chi connectivity index (χ4n) is 3.28. The number of likely N-dealkylation sites (tertiary alicyclic amines) is 1. The van der Waals surface area contributed by atoms with Gasteiger partial charge in [-0.05, 0) is 28.2 Å². The van der Waals surface area contributed by atoms with Gasteiger partial charge in [0.1, 0.15) is 0 Å². The first-order valence-corrected chi connectivity index (χ1v) is 7.53. The Labute approximate surface area is 121 Å². The summed E-state index contributed by atoms with van der Waals surface area (Å²) < 4.78 is 0. The van der Waals surface area contributed by atoms with E-state index in [2.05, 4.69) is 43.0 Å². The maximum atomic E-state index is 10.6. The Morgan fingerprint density at radius 2 is 1.70 bits per heavy atom. The third-order valence-corrected chi connectivity index (χ3v) is 4.68. The Bertz CT molecular complexity index is 579. The quantitative estimate of drug-likeness (QED) is 0.922. The highest BCUT2D eigenvalue weighted by atomic mass is 16.3. The lowest BCUT2D eigenvalue weighted by Gasteiger charge is -2.21. The number of benzene rings is 2. The number of hydrogen-bond donors (Lipinski definition) is 1. The van der Waals surface area contributed by atoms with Gasteiger partial charge in [0.25, 0.3) is 0 Å². The average molecular weight is 269 g/mol. The minimum absolute atomic E-state index is 0.404. The Morgan fingerprint density at radius 3 is 2.45 bits per heavy atom. The van der Waals surface area contributed by atoms with Gasteiger partial charge in [0, 0.05) is 19.6 Å². The first kappa shape index (κ1) is 13.6. The van der Waals surface area contributed by atoms with E-state index in [-0.39, 0.29) is 0 Å². The first-order valence-electron chi connectivity index (χ1n) is 7.53. The smallest absolute Gasteiger partial charge is 0.0922 e. The van der Waals surface area contributed by atoms with Crippen LogP contribution in [0.4, 0.5) is 0 Å². The Balaban J connectivity index is 1.81. The molecule has 3 rings (SSSR count). The standard InChI is InChI=1S/C18H23NO/c1-13-10-19(11-14(13)2)12-18(20)17-9-5-7-15-6-3-4-8-16(15)17/h3-9,13-14,18,20H,10-12H2,1-2H3. The number of aliphatic hydroxyl groups is 1. The lowest BCUT2D eigenvalue weighted by atomic mass is 10.0. The van der Waals surface area contributed by atoms with Crippen LogP contribution in [0, 0.1) is 11.8 Å². The second-order valence-corrected chi connectivity index (χ2v) is 6.26. The van der Waals surface area contributed by atoms with Crippen molar-refractivity contribution in [2.24, 2.45) is 11.8 Å². The molecular weight excluding hydrogens is 246 g/mol. The molecule has 20 heavy (non-hydrogen) atoms. The van der Waals surface area contributed by atoms with E-state index in [0.717, 1.165) is 37.0 Å². The number of β-amino-alcohol motifs (C(OH)–C–C–N with tert-alkyl or cyclic N) is 1. The van der Waals surface area contributed by atoms with E-state index in [1.165, 1.54) is 10.8 Å². The highest BCUT2D eigenvalue weighted by Gasteiger charge is 2.27. The van der Waals surface area contributed by atoms with Crippen molar-refractivity contribution in [3.05, 3.63) is 48.0 Å². The maximum absolute atomic E-state index is 10.6. The average Bonchev–Trinajstić information content (AvgIpc) is 2.76. The van der Waals surface area contributed by atoms with Crippen LogP contribution in [0.1, 0.15) is 25.5 Å². The third-order valence-electron chi connectivity index (χ3n) is 4.68. The number of rotatable bonds is 3. The van der Waals surface area contributed by atoms with E-state index in [1.54, 1.807) is 0 Å². The topological polar surface area (TPSA) is 23.5 Å². The van der Waals surface area contributed by atoms with Crippen molar-refractivity contribution in [2.45, 2.75) is 20.0 Å². The van der Waals surface area contributed by atoms with E-state index in [4.69, 9.17) is 0 Å². The zero-order chi connectivity index (χ0) is 14.1. The number of hydrogen-bond acceptors (Lipinski definition) is 2. The van der Waals surface area contributed by atoms with Crippen LogP contribution in [0.25, 0.3) is 10.8 Å². The van der Waals surface area contributed by atoms with Gasteiger partial charge in [0.15, 0.2) is 0 Å². The van der Waals surface area contributed by atoms with Gasteiger partial charge < -0.3 is 5.11 Å². The lowest BCUT2D eigenvalue weighted by molar-refractivity contribution is 0.125. The number of fused-ring (bicyclic) bond motifs is 1. The van der Waals surface area contributed by atoms with Crippen LogP contribution in [-0.4, -0.2) is 29.6 Å². The highest BCUT2D eigenvalue weighted by Crippen LogP contribution is 2.28.